The third-order valence-electron chi connectivity index (χ3n) is 7.28. The third-order valence-corrected chi connectivity index (χ3v) is 7.77. The van der Waals surface area contributed by atoms with Crippen molar-refractivity contribution in [2.75, 3.05) is 13.2 Å². The van der Waals surface area contributed by atoms with Gasteiger partial charge in [0.1, 0.15) is 6.61 Å². The number of unbranched alkanes of at least 4 members (excludes halogenated alkanes) is 19. The Balaban J connectivity index is 4.00. The Labute approximate surface area is 257 Å². The molecule has 0 saturated carbocycles. The topological polar surface area (TPSA) is 119 Å². The van der Waals surface area contributed by atoms with Crippen LogP contribution in [-0.2, 0) is 28.2 Å². The Kier molecular flexibility index (Phi) is 29.0. The summed E-state index contributed by atoms with van der Waals surface area (Å²) in [5, 5.41) is 0. The molecule has 0 bridgehead atoms. The molecule has 1 atom stereocenters. The van der Waals surface area contributed by atoms with Gasteiger partial charge in [-0.3, -0.25) is 14.1 Å². The summed E-state index contributed by atoms with van der Waals surface area (Å²) in [6.45, 7) is 3.62. The van der Waals surface area contributed by atoms with Gasteiger partial charge in [0, 0.05) is 12.8 Å². The van der Waals surface area contributed by atoms with E-state index < -0.39 is 32.5 Å². The van der Waals surface area contributed by atoms with Gasteiger partial charge in [-0.2, -0.15) is 0 Å². The first-order valence-electron chi connectivity index (χ1n) is 17.0. The average Bonchev–Trinajstić information content (AvgIpc) is 2.95. The lowest BCUT2D eigenvalue weighted by Crippen LogP contribution is -2.29. The molecule has 9 heteroatoms. The first-order valence-corrected chi connectivity index (χ1v) is 18.5. The number of ether oxygens (including phenoxy) is 2. The van der Waals surface area contributed by atoms with Gasteiger partial charge in [-0.05, 0) is 32.1 Å². The number of allylic oxidation sites excluding steroid dienone is 2. The highest BCUT2D eigenvalue weighted by Gasteiger charge is 2.22. The van der Waals surface area contributed by atoms with Crippen LogP contribution in [0.3, 0.4) is 0 Å². The molecule has 8 nitrogen and oxygen atoms in total. The van der Waals surface area contributed by atoms with Crippen LogP contribution in [0.4, 0.5) is 0 Å². The summed E-state index contributed by atoms with van der Waals surface area (Å²) in [6.07, 6.45) is 29.3. The summed E-state index contributed by atoms with van der Waals surface area (Å²) >= 11 is 0. The molecule has 0 aliphatic rings. The fourth-order valence-electron chi connectivity index (χ4n) is 4.71. The summed E-state index contributed by atoms with van der Waals surface area (Å²) in [6, 6.07) is 0. The maximum Gasteiger partial charge on any atom is 0.469 e. The van der Waals surface area contributed by atoms with E-state index in [1.54, 1.807) is 0 Å². The maximum atomic E-state index is 12.3. The predicted molar refractivity (Wildman–Crippen MR) is 170 cm³/mol. The normalized spacial score (nSPS) is 12.6. The summed E-state index contributed by atoms with van der Waals surface area (Å²) in [7, 11) is -4.74. The highest BCUT2D eigenvalue weighted by molar-refractivity contribution is 7.46. The molecule has 248 valence electrons. The minimum Gasteiger partial charge on any atom is -0.462 e. The van der Waals surface area contributed by atoms with E-state index in [-0.39, 0.29) is 19.4 Å². The number of phosphoric ester groups is 1. The Morgan fingerprint density at radius 3 is 1.52 bits per heavy atom. The van der Waals surface area contributed by atoms with Crippen molar-refractivity contribution in [3.8, 4) is 0 Å². The molecular weight excluding hydrogens is 555 g/mol. The van der Waals surface area contributed by atoms with E-state index in [0.717, 1.165) is 57.8 Å². The smallest absolute Gasteiger partial charge is 0.462 e. The number of hydrogen-bond donors (Lipinski definition) is 2. The number of rotatable bonds is 31. The number of esters is 2. The van der Waals surface area contributed by atoms with Crippen molar-refractivity contribution in [1.29, 1.82) is 0 Å². The van der Waals surface area contributed by atoms with Gasteiger partial charge in [0.15, 0.2) is 6.10 Å². The summed E-state index contributed by atoms with van der Waals surface area (Å²) in [5.41, 5.74) is 0. The molecule has 0 saturated heterocycles. The van der Waals surface area contributed by atoms with Gasteiger partial charge < -0.3 is 19.3 Å². The molecule has 0 aliphatic carbocycles. The zero-order valence-corrected chi connectivity index (χ0v) is 27.8. The largest absolute Gasteiger partial charge is 0.469 e. The van der Waals surface area contributed by atoms with Gasteiger partial charge >= 0.3 is 19.8 Å². The first kappa shape index (κ1) is 40.8. The van der Waals surface area contributed by atoms with Crippen LogP contribution in [0.2, 0.25) is 0 Å². The lowest BCUT2D eigenvalue weighted by Gasteiger charge is -2.18. The number of hydrogen-bond acceptors (Lipinski definition) is 6. The number of phosphoric acid groups is 1. The zero-order valence-electron chi connectivity index (χ0n) is 26.9. The van der Waals surface area contributed by atoms with E-state index in [1.165, 1.54) is 70.6 Å². The maximum absolute atomic E-state index is 12.3. The molecule has 2 N–H and O–H groups in total. The molecular formula is C33H63O8P. The second-order valence-electron chi connectivity index (χ2n) is 11.5. The van der Waals surface area contributed by atoms with Crippen LogP contribution in [0.5, 0.6) is 0 Å². The summed E-state index contributed by atoms with van der Waals surface area (Å²) in [5.74, 6) is -0.892. The predicted octanol–water partition coefficient (Wildman–Crippen LogP) is 9.51. The van der Waals surface area contributed by atoms with E-state index in [9.17, 15) is 14.2 Å². The number of carbonyl (C=O) groups excluding carboxylic acids is 2. The van der Waals surface area contributed by atoms with Crippen LogP contribution in [0.15, 0.2) is 12.2 Å². The molecule has 0 aromatic heterocycles. The third kappa shape index (κ3) is 31.7. The van der Waals surface area contributed by atoms with E-state index in [0.29, 0.717) is 12.8 Å². The van der Waals surface area contributed by atoms with Crippen LogP contribution >= 0.6 is 7.82 Å². The van der Waals surface area contributed by atoms with E-state index in [2.05, 4.69) is 30.5 Å². The van der Waals surface area contributed by atoms with Crippen molar-refractivity contribution in [3.05, 3.63) is 12.2 Å². The Morgan fingerprint density at radius 2 is 1.02 bits per heavy atom. The minimum absolute atomic E-state index is 0.215. The van der Waals surface area contributed by atoms with E-state index >= 15 is 0 Å². The molecule has 0 spiro atoms. The SMILES string of the molecule is CCCC/C=C\CCCCCCCC(=O)OC[C@H](COP(=O)(O)O)OC(=O)CCCCCCCCCCCCCCC. The Bertz CT molecular complexity index is 706. The minimum atomic E-state index is -4.74. The molecule has 0 aliphatic heterocycles. The van der Waals surface area contributed by atoms with Crippen molar-refractivity contribution in [1.82, 2.24) is 0 Å². The highest BCUT2D eigenvalue weighted by atomic mass is 31.2. The van der Waals surface area contributed by atoms with Gasteiger partial charge in [-0.1, -0.05) is 135 Å². The molecule has 0 fully saturated rings. The molecule has 0 heterocycles. The molecule has 0 unspecified atom stereocenters. The first-order chi connectivity index (χ1) is 20.3. The van der Waals surface area contributed by atoms with Crippen molar-refractivity contribution in [2.45, 2.75) is 174 Å². The highest BCUT2D eigenvalue weighted by Crippen LogP contribution is 2.36. The fraction of sp³-hybridized carbons (Fsp3) is 0.879. The quantitative estimate of drug-likeness (QED) is 0.0341. The van der Waals surface area contributed by atoms with Crippen molar-refractivity contribution >= 4 is 19.8 Å². The standard InChI is InChI=1S/C33H63O8P/c1-3-5-7-9-11-13-15-16-18-20-22-24-26-28-33(35)41-31(30-40-42(36,37)38)29-39-32(34)27-25-23-21-19-17-14-12-10-8-6-4-2/h10,12,31H,3-9,11,13-30H2,1-2H3,(H2,36,37,38)/b12-10-/t31-/m1/s1. The molecule has 0 aromatic carbocycles. The summed E-state index contributed by atoms with van der Waals surface area (Å²) < 4.78 is 26.2. The van der Waals surface area contributed by atoms with E-state index in [1.807, 2.05) is 0 Å². The van der Waals surface area contributed by atoms with Crippen molar-refractivity contribution in [3.63, 3.8) is 0 Å². The molecule has 42 heavy (non-hydrogen) atoms. The average molecular weight is 619 g/mol. The van der Waals surface area contributed by atoms with Crippen LogP contribution in [0, 0.1) is 0 Å². The number of carbonyl (C=O) groups is 2. The van der Waals surface area contributed by atoms with Crippen LogP contribution in [0.1, 0.15) is 168 Å². The monoisotopic (exact) mass is 618 g/mol. The molecule has 0 rings (SSSR count). The van der Waals surface area contributed by atoms with Crippen molar-refractivity contribution < 1.29 is 37.9 Å². The van der Waals surface area contributed by atoms with Crippen LogP contribution in [-0.4, -0.2) is 41.0 Å². The lowest BCUT2D eigenvalue weighted by atomic mass is 10.0. The second kappa shape index (κ2) is 29.8. The van der Waals surface area contributed by atoms with Gasteiger partial charge in [0.25, 0.3) is 0 Å². The molecule has 0 radical (unpaired) electrons. The van der Waals surface area contributed by atoms with E-state index in [4.69, 9.17) is 19.3 Å². The lowest BCUT2D eigenvalue weighted by molar-refractivity contribution is -0.161. The van der Waals surface area contributed by atoms with Crippen LogP contribution in [0.25, 0.3) is 0 Å². The van der Waals surface area contributed by atoms with Gasteiger partial charge in [-0.15, -0.1) is 0 Å². The van der Waals surface area contributed by atoms with Gasteiger partial charge in [-0.25, -0.2) is 4.57 Å². The second-order valence-corrected chi connectivity index (χ2v) is 12.7. The van der Waals surface area contributed by atoms with Crippen molar-refractivity contribution in [2.24, 2.45) is 0 Å². The van der Waals surface area contributed by atoms with Gasteiger partial charge in [0.05, 0.1) is 6.61 Å². The summed E-state index contributed by atoms with van der Waals surface area (Å²) in [4.78, 5) is 42.5. The van der Waals surface area contributed by atoms with Gasteiger partial charge in [0.2, 0.25) is 0 Å². The zero-order chi connectivity index (χ0) is 31.2. The molecule has 0 aromatic rings. The Hall–Kier alpha value is -1.21. The Morgan fingerprint density at radius 1 is 0.595 bits per heavy atom. The molecule has 0 amide bonds. The fourth-order valence-corrected chi connectivity index (χ4v) is 5.07. The van der Waals surface area contributed by atoms with Crippen LogP contribution < -0.4 is 0 Å².